The van der Waals surface area contributed by atoms with Crippen molar-refractivity contribution in [2.75, 3.05) is 16.4 Å². The quantitative estimate of drug-likeness (QED) is 0.379. The lowest BCUT2D eigenvalue weighted by molar-refractivity contribution is 0.262. The van der Waals surface area contributed by atoms with Crippen molar-refractivity contribution >= 4 is 39.8 Å². The van der Waals surface area contributed by atoms with Gasteiger partial charge in [-0.1, -0.05) is 35.5 Å². The van der Waals surface area contributed by atoms with E-state index in [1.54, 1.807) is 10.7 Å². The summed E-state index contributed by atoms with van der Waals surface area (Å²) in [5.41, 5.74) is 10.0. The highest BCUT2D eigenvalue weighted by molar-refractivity contribution is 6.04. The van der Waals surface area contributed by atoms with Crippen LogP contribution in [0.25, 0.3) is 27.5 Å². The second-order valence-corrected chi connectivity index (χ2v) is 6.46. The van der Waals surface area contributed by atoms with Crippen LogP contribution in [-0.2, 0) is 0 Å². The fourth-order valence-electron chi connectivity index (χ4n) is 3.27. The second kappa shape index (κ2) is 6.64. The van der Waals surface area contributed by atoms with Crippen molar-refractivity contribution in [3.63, 3.8) is 0 Å². The lowest BCUT2D eigenvalue weighted by Crippen LogP contribution is -2.19. The molecule has 9 nitrogen and oxygen atoms in total. The van der Waals surface area contributed by atoms with E-state index in [1.165, 1.54) is 0 Å². The maximum absolute atomic E-state index is 12.4. The predicted octanol–water partition coefficient (Wildman–Crippen LogP) is 3.50. The third kappa shape index (κ3) is 3.00. The molecule has 2 aromatic carbocycles. The predicted molar refractivity (Wildman–Crippen MR) is 112 cm³/mol. The van der Waals surface area contributed by atoms with E-state index in [1.807, 2.05) is 60.7 Å². The van der Waals surface area contributed by atoms with Gasteiger partial charge in [-0.3, -0.25) is 10.4 Å². The Labute approximate surface area is 164 Å². The molecule has 5 N–H and O–H groups in total. The number of fused-ring (bicyclic) bond motifs is 2. The van der Waals surface area contributed by atoms with Crippen molar-refractivity contribution in [1.29, 1.82) is 0 Å². The van der Waals surface area contributed by atoms with E-state index >= 15 is 0 Å². The number of H-pyrrole nitrogens is 1. The molecule has 0 aliphatic carbocycles. The van der Waals surface area contributed by atoms with Gasteiger partial charge in [-0.2, -0.15) is 5.10 Å². The van der Waals surface area contributed by atoms with Gasteiger partial charge in [0.15, 0.2) is 11.6 Å². The van der Waals surface area contributed by atoms with Crippen LogP contribution in [0.4, 0.5) is 22.1 Å². The normalized spacial score (nSPS) is 11.0. The Bertz CT molecular complexity index is 1340. The first-order chi connectivity index (χ1) is 14.2. The first-order valence-electron chi connectivity index (χ1n) is 8.90. The molecule has 2 amide bonds. The van der Waals surface area contributed by atoms with Gasteiger partial charge in [0.1, 0.15) is 5.52 Å². The van der Waals surface area contributed by atoms with E-state index in [9.17, 15) is 4.79 Å². The van der Waals surface area contributed by atoms with Gasteiger partial charge in [0, 0.05) is 22.8 Å². The van der Waals surface area contributed by atoms with Crippen LogP contribution >= 0.6 is 0 Å². The lowest BCUT2D eigenvalue weighted by Gasteiger charge is -2.08. The van der Waals surface area contributed by atoms with Crippen LogP contribution in [0.3, 0.4) is 0 Å². The number of anilines is 3. The number of nitrogens with two attached hydrogens (primary N) is 1. The lowest BCUT2D eigenvalue weighted by atomic mass is 10.1. The number of nitrogen functional groups attached to an aromatic ring is 1. The molecule has 0 spiro atoms. The summed E-state index contributed by atoms with van der Waals surface area (Å²) < 4.78 is 1.64. The molecule has 0 saturated heterocycles. The zero-order valence-corrected chi connectivity index (χ0v) is 15.1. The molecule has 0 fully saturated rings. The van der Waals surface area contributed by atoms with Crippen LogP contribution in [0.2, 0.25) is 0 Å². The van der Waals surface area contributed by atoms with Crippen molar-refractivity contribution in [3.8, 4) is 11.1 Å². The highest BCUT2D eigenvalue weighted by Crippen LogP contribution is 2.28. The zero-order chi connectivity index (χ0) is 19.8. The van der Waals surface area contributed by atoms with Gasteiger partial charge in [0.25, 0.3) is 0 Å². The molecule has 142 valence electrons. The minimum absolute atomic E-state index is 0.369. The summed E-state index contributed by atoms with van der Waals surface area (Å²) in [6.45, 7) is 0. The Morgan fingerprint density at radius 3 is 2.69 bits per heavy atom. The minimum atomic E-state index is -0.374. The fourth-order valence-corrected chi connectivity index (χ4v) is 3.27. The van der Waals surface area contributed by atoms with Crippen LogP contribution in [0.15, 0.2) is 66.9 Å². The third-order valence-electron chi connectivity index (χ3n) is 4.62. The molecule has 0 radical (unpaired) electrons. The van der Waals surface area contributed by atoms with E-state index in [2.05, 4.69) is 31.1 Å². The van der Waals surface area contributed by atoms with Crippen LogP contribution < -0.4 is 16.4 Å². The molecule has 5 aromatic rings. The van der Waals surface area contributed by atoms with Crippen molar-refractivity contribution in [1.82, 2.24) is 25.0 Å². The molecule has 0 unspecified atom stereocenters. The number of benzene rings is 2. The van der Waals surface area contributed by atoms with Crippen molar-refractivity contribution in [2.45, 2.75) is 0 Å². The molecular formula is C20H16N8O. The number of rotatable bonds is 3. The molecule has 0 aliphatic rings. The Hall–Kier alpha value is -4.40. The highest BCUT2D eigenvalue weighted by atomic mass is 16.2. The van der Waals surface area contributed by atoms with Gasteiger partial charge < -0.3 is 11.1 Å². The molecule has 29 heavy (non-hydrogen) atoms. The minimum Gasteiger partial charge on any atom is -0.380 e. The van der Waals surface area contributed by atoms with E-state index in [4.69, 9.17) is 5.73 Å². The van der Waals surface area contributed by atoms with Crippen LogP contribution in [0.5, 0.6) is 0 Å². The molecule has 9 heteroatoms. The smallest absolute Gasteiger partial charge is 0.324 e. The molecule has 0 aliphatic heterocycles. The number of aromatic amines is 1. The average Bonchev–Trinajstić information content (AvgIpc) is 3.33. The van der Waals surface area contributed by atoms with Crippen molar-refractivity contribution in [3.05, 3.63) is 66.9 Å². The van der Waals surface area contributed by atoms with E-state index in [-0.39, 0.29) is 6.03 Å². The van der Waals surface area contributed by atoms with Crippen molar-refractivity contribution < 1.29 is 4.79 Å². The summed E-state index contributed by atoms with van der Waals surface area (Å²) in [6, 6.07) is 18.5. The number of urea groups is 1. The number of carbonyl (C=O) groups excluding carboxylic acids is 1. The molecule has 3 heterocycles. The Morgan fingerprint density at radius 2 is 1.83 bits per heavy atom. The van der Waals surface area contributed by atoms with Gasteiger partial charge in [-0.25, -0.2) is 9.31 Å². The summed E-state index contributed by atoms with van der Waals surface area (Å²) in [7, 11) is 0. The number of hydrogen-bond acceptors (Lipinski definition) is 5. The second-order valence-electron chi connectivity index (χ2n) is 6.46. The number of nitrogens with zero attached hydrogens (tertiary/aromatic N) is 4. The number of aromatic nitrogens is 5. The number of pyridine rings is 1. The molecule has 0 saturated carbocycles. The summed E-state index contributed by atoms with van der Waals surface area (Å²) in [4.78, 5) is 12.4. The van der Waals surface area contributed by atoms with Gasteiger partial charge in [0.2, 0.25) is 0 Å². The number of carbonyl (C=O) groups is 1. The summed E-state index contributed by atoms with van der Waals surface area (Å²) in [5, 5.41) is 21.3. The summed E-state index contributed by atoms with van der Waals surface area (Å²) >= 11 is 0. The maximum atomic E-state index is 12.4. The monoisotopic (exact) mass is 384 g/mol. The standard InChI is InChI=1S/C20H16N8O/c21-18-17-14(5-3-11-28(17)27-25-18)12-7-9-13(10-8-12)22-20(29)23-19-15-4-1-2-6-16(15)24-26-19/h1-11H,21H2,(H3,22,23,24,26,29). The summed E-state index contributed by atoms with van der Waals surface area (Å²) in [6.07, 6.45) is 1.79. The van der Waals surface area contributed by atoms with Crippen LogP contribution in [0, 0.1) is 0 Å². The Morgan fingerprint density at radius 1 is 1.00 bits per heavy atom. The SMILES string of the molecule is Nc1nnn2cccc(-c3ccc(NC(=O)Nc4n[nH]c5ccccc45)cc3)c12. The number of amides is 2. The fraction of sp³-hybridized carbons (Fsp3) is 0. The molecule has 3 aromatic heterocycles. The Balaban J connectivity index is 1.35. The Kier molecular flexibility index (Phi) is 3.84. The number of hydrogen-bond donors (Lipinski definition) is 4. The molecule has 0 bridgehead atoms. The number of nitrogens with one attached hydrogen (secondary N) is 3. The largest absolute Gasteiger partial charge is 0.380 e. The van der Waals surface area contributed by atoms with Gasteiger partial charge in [0.05, 0.1) is 5.52 Å². The molecular weight excluding hydrogens is 368 g/mol. The average molecular weight is 384 g/mol. The van der Waals surface area contributed by atoms with E-state index < -0.39 is 0 Å². The van der Waals surface area contributed by atoms with Gasteiger partial charge in [-0.05, 0) is 35.9 Å². The maximum Gasteiger partial charge on any atom is 0.324 e. The van der Waals surface area contributed by atoms with Crippen LogP contribution in [-0.4, -0.2) is 31.1 Å². The van der Waals surface area contributed by atoms with E-state index in [0.29, 0.717) is 17.3 Å². The third-order valence-corrected chi connectivity index (χ3v) is 4.62. The highest BCUT2D eigenvalue weighted by Gasteiger charge is 2.11. The first-order valence-corrected chi connectivity index (χ1v) is 8.90. The topological polar surface area (TPSA) is 126 Å². The first kappa shape index (κ1) is 16.8. The zero-order valence-electron chi connectivity index (χ0n) is 15.1. The van der Waals surface area contributed by atoms with Gasteiger partial charge >= 0.3 is 6.03 Å². The van der Waals surface area contributed by atoms with Gasteiger partial charge in [-0.15, -0.1) is 5.10 Å². The van der Waals surface area contributed by atoms with Crippen molar-refractivity contribution in [2.24, 2.45) is 0 Å². The summed E-state index contributed by atoms with van der Waals surface area (Å²) in [5.74, 6) is 0.846. The van der Waals surface area contributed by atoms with E-state index in [0.717, 1.165) is 27.5 Å². The molecule has 0 atom stereocenters. The van der Waals surface area contributed by atoms with Crippen LogP contribution in [0.1, 0.15) is 0 Å². The molecule has 5 rings (SSSR count). The number of para-hydroxylation sites is 1.